The van der Waals surface area contributed by atoms with Crippen molar-refractivity contribution in [2.45, 2.75) is 4.87 Å². The van der Waals surface area contributed by atoms with E-state index in [1.165, 1.54) is 42.1 Å². The smallest absolute Gasteiger partial charge is 0.266 e. The maximum absolute atomic E-state index is 13.8. The molecule has 1 spiro atoms. The maximum atomic E-state index is 13.8. The summed E-state index contributed by atoms with van der Waals surface area (Å²) in [5.74, 6) is 5.17. The number of hydrogen-bond donors (Lipinski definition) is 2. The van der Waals surface area contributed by atoms with Crippen molar-refractivity contribution >= 4 is 34.9 Å². The molecule has 1 saturated heterocycles. The lowest BCUT2D eigenvalue weighted by Crippen LogP contribution is -2.47. The van der Waals surface area contributed by atoms with Crippen LogP contribution in [0.2, 0.25) is 0 Å². The third kappa shape index (κ3) is 1.92. The molecule has 3 N–H and O–H groups in total. The highest BCUT2D eigenvalue weighted by Gasteiger charge is 2.57. The van der Waals surface area contributed by atoms with E-state index in [-0.39, 0.29) is 5.91 Å². The largest absolute Gasteiger partial charge is 0.323 e. The van der Waals surface area contributed by atoms with Crippen molar-refractivity contribution in [3.05, 3.63) is 59.7 Å². The number of amides is 1. The third-order valence-corrected chi connectivity index (χ3v) is 5.53. The van der Waals surface area contributed by atoms with E-state index < -0.39 is 16.5 Å². The van der Waals surface area contributed by atoms with Gasteiger partial charge in [-0.1, -0.05) is 0 Å². The molecule has 2 heterocycles. The van der Waals surface area contributed by atoms with Gasteiger partial charge in [0.2, 0.25) is 0 Å². The highest BCUT2D eigenvalue weighted by Crippen LogP contribution is 2.53. The van der Waals surface area contributed by atoms with Crippen LogP contribution in [0.3, 0.4) is 0 Å². The zero-order valence-electron chi connectivity index (χ0n) is 12.3. The Hall–Kier alpha value is -2.61. The van der Waals surface area contributed by atoms with Gasteiger partial charge >= 0.3 is 0 Å². The normalized spacial score (nSPS) is 23.8. The van der Waals surface area contributed by atoms with Crippen molar-refractivity contribution in [1.29, 1.82) is 0 Å². The summed E-state index contributed by atoms with van der Waals surface area (Å²) in [6.07, 6.45) is 0. The van der Waals surface area contributed by atoms with Crippen molar-refractivity contribution in [2.24, 2.45) is 10.9 Å². The van der Waals surface area contributed by atoms with Crippen LogP contribution in [0.1, 0.15) is 5.56 Å². The van der Waals surface area contributed by atoms with Crippen molar-refractivity contribution in [3.63, 3.8) is 0 Å². The van der Waals surface area contributed by atoms with Crippen LogP contribution in [0.25, 0.3) is 0 Å². The monoisotopic (exact) mass is 346 g/mol. The van der Waals surface area contributed by atoms with Crippen LogP contribution in [0.15, 0.2) is 47.6 Å². The summed E-state index contributed by atoms with van der Waals surface area (Å²) in [6, 6.07) is 9.81. The molecule has 1 amide bonds. The molecule has 0 bridgehead atoms. The molecular weight excluding hydrogens is 334 g/mol. The number of nitrogens with zero attached hydrogens (tertiary/aromatic N) is 2. The molecule has 5 nitrogen and oxygen atoms in total. The molecule has 0 saturated carbocycles. The average Bonchev–Trinajstić information content (AvgIpc) is 3.09. The van der Waals surface area contributed by atoms with Crippen molar-refractivity contribution in [2.75, 3.05) is 16.0 Å². The summed E-state index contributed by atoms with van der Waals surface area (Å²) < 4.78 is 27.1. The van der Waals surface area contributed by atoms with Gasteiger partial charge in [-0.05, 0) is 42.5 Å². The number of hydrogen-bond acceptors (Lipinski definition) is 4. The number of fused-ring (bicyclic) bond motifs is 2. The van der Waals surface area contributed by atoms with Crippen LogP contribution < -0.4 is 16.1 Å². The average molecular weight is 346 g/mol. The van der Waals surface area contributed by atoms with Crippen molar-refractivity contribution in [1.82, 2.24) is 0 Å². The van der Waals surface area contributed by atoms with E-state index in [1.54, 1.807) is 17.0 Å². The summed E-state index contributed by atoms with van der Waals surface area (Å²) in [5, 5.41) is 6.55. The van der Waals surface area contributed by atoms with E-state index in [4.69, 9.17) is 5.84 Å². The Morgan fingerprint density at radius 1 is 1.17 bits per heavy atom. The number of halogens is 2. The Kier molecular flexibility index (Phi) is 3.24. The van der Waals surface area contributed by atoms with E-state index >= 15 is 0 Å². The number of amidine groups is 1. The lowest BCUT2D eigenvalue weighted by molar-refractivity contribution is -0.117. The molecule has 0 aromatic heterocycles. The highest BCUT2D eigenvalue weighted by molar-refractivity contribution is 8.02. The molecule has 4 rings (SSSR count). The number of nitrogens with two attached hydrogens (primary N) is 1. The second kappa shape index (κ2) is 5.20. The zero-order chi connectivity index (χ0) is 16.9. The zero-order valence-corrected chi connectivity index (χ0v) is 13.1. The van der Waals surface area contributed by atoms with E-state index in [2.05, 4.69) is 10.4 Å². The summed E-state index contributed by atoms with van der Waals surface area (Å²) in [5.41, 5.74) is 1.60. The number of nitrogens with one attached hydrogen (secondary N) is 1. The summed E-state index contributed by atoms with van der Waals surface area (Å²) in [6.45, 7) is 0. The van der Waals surface area contributed by atoms with Gasteiger partial charge in [-0.2, -0.15) is 5.10 Å². The first kappa shape index (κ1) is 14.9. The lowest BCUT2D eigenvalue weighted by atomic mass is 10.0. The molecule has 8 heteroatoms. The fourth-order valence-corrected chi connectivity index (χ4v) is 4.48. The molecule has 1 unspecified atom stereocenters. The van der Waals surface area contributed by atoms with Gasteiger partial charge in [0, 0.05) is 16.9 Å². The SMILES string of the molecule is N/N=C1\CSC2(C(=O)Nc3ccc(F)cc32)N1c1ccc(F)cc1. The second-order valence-electron chi connectivity index (χ2n) is 5.43. The standard InChI is InChI=1S/C16H12F2N4OS/c17-9-1-4-11(5-2-9)22-14(21-19)8-24-16(22)12-7-10(18)3-6-13(12)20-15(16)23/h1-7H,8,19H2,(H,20,23)/b21-14+. The van der Waals surface area contributed by atoms with E-state index in [0.717, 1.165) is 0 Å². The molecule has 2 aromatic carbocycles. The van der Waals surface area contributed by atoms with Crippen LogP contribution in [0.4, 0.5) is 20.2 Å². The Morgan fingerprint density at radius 2 is 1.88 bits per heavy atom. The molecule has 0 aliphatic carbocycles. The fraction of sp³-hybridized carbons (Fsp3) is 0.125. The maximum Gasteiger partial charge on any atom is 0.266 e. The predicted octanol–water partition coefficient (Wildman–Crippen LogP) is 2.60. The first-order valence-electron chi connectivity index (χ1n) is 7.14. The molecule has 2 aliphatic rings. The topological polar surface area (TPSA) is 70.7 Å². The number of hydrazone groups is 1. The molecule has 1 fully saturated rings. The Morgan fingerprint density at radius 3 is 2.58 bits per heavy atom. The lowest BCUT2D eigenvalue weighted by Gasteiger charge is -2.33. The summed E-state index contributed by atoms with van der Waals surface area (Å²) >= 11 is 1.29. The summed E-state index contributed by atoms with van der Waals surface area (Å²) in [7, 11) is 0. The van der Waals surface area contributed by atoms with Crippen LogP contribution in [-0.4, -0.2) is 17.5 Å². The minimum atomic E-state index is -1.21. The molecular formula is C16H12F2N4OS. The minimum absolute atomic E-state index is 0.309. The number of benzene rings is 2. The fourth-order valence-electron chi connectivity index (χ4n) is 3.10. The van der Waals surface area contributed by atoms with Crippen LogP contribution >= 0.6 is 11.8 Å². The molecule has 2 aliphatic heterocycles. The van der Waals surface area contributed by atoms with Crippen LogP contribution in [0, 0.1) is 11.6 Å². The highest BCUT2D eigenvalue weighted by atomic mass is 32.2. The minimum Gasteiger partial charge on any atom is -0.323 e. The first-order valence-corrected chi connectivity index (χ1v) is 8.13. The van der Waals surface area contributed by atoms with Gasteiger partial charge in [0.05, 0.1) is 5.75 Å². The molecule has 122 valence electrons. The number of carbonyl (C=O) groups is 1. The number of carbonyl (C=O) groups excluding carboxylic acids is 1. The Labute approximate surface area is 140 Å². The van der Waals surface area contributed by atoms with E-state index in [1.807, 2.05) is 0 Å². The number of thioether (sulfide) groups is 1. The predicted molar refractivity (Wildman–Crippen MR) is 89.7 cm³/mol. The molecule has 1 atom stereocenters. The van der Waals surface area contributed by atoms with Gasteiger partial charge in [-0.25, -0.2) is 8.78 Å². The van der Waals surface area contributed by atoms with Crippen molar-refractivity contribution in [3.8, 4) is 0 Å². The molecule has 2 aromatic rings. The molecule has 24 heavy (non-hydrogen) atoms. The Bertz CT molecular complexity index is 871. The van der Waals surface area contributed by atoms with E-state index in [9.17, 15) is 13.6 Å². The van der Waals surface area contributed by atoms with Gasteiger partial charge in [0.1, 0.15) is 17.5 Å². The van der Waals surface area contributed by atoms with Gasteiger partial charge in [0.25, 0.3) is 5.91 Å². The first-order chi connectivity index (χ1) is 11.6. The quantitative estimate of drug-likeness (QED) is 0.615. The van der Waals surface area contributed by atoms with Gasteiger partial charge in [-0.15, -0.1) is 11.8 Å². The Balaban J connectivity index is 1.95. The summed E-state index contributed by atoms with van der Waals surface area (Å²) in [4.78, 5) is 13.2. The van der Waals surface area contributed by atoms with Gasteiger partial charge < -0.3 is 11.2 Å². The second-order valence-corrected chi connectivity index (χ2v) is 6.60. The van der Waals surface area contributed by atoms with Gasteiger partial charge in [-0.3, -0.25) is 9.69 Å². The van der Waals surface area contributed by atoms with E-state index in [0.29, 0.717) is 28.5 Å². The van der Waals surface area contributed by atoms with Crippen LogP contribution in [-0.2, 0) is 9.67 Å². The third-order valence-electron chi connectivity index (χ3n) is 4.12. The van der Waals surface area contributed by atoms with Crippen LogP contribution in [0.5, 0.6) is 0 Å². The number of anilines is 2. The van der Waals surface area contributed by atoms with Gasteiger partial charge in [0.15, 0.2) is 4.87 Å². The molecule has 0 radical (unpaired) electrons. The van der Waals surface area contributed by atoms with Crippen molar-refractivity contribution < 1.29 is 13.6 Å². The number of rotatable bonds is 1.